The summed E-state index contributed by atoms with van der Waals surface area (Å²) in [5.74, 6) is -0.163. The van der Waals surface area contributed by atoms with Crippen LogP contribution in [0.25, 0.3) is 22.4 Å². The number of nitrogens with zero attached hydrogens (tertiary/aromatic N) is 1. The SMILES string of the molecule is Cc1ccc(-c2c(N)n[nH]c2-c2cccc(Cl)c2F)cc1. The number of halogens is 2. The van der Waals surface area contributed by atoms with Crippen molar-refractivity contribution in [1.29, 1.82) is 0 Å². The summed E-state index contributed by atoms with van der Waals surface area (Å²) >= 11 is 5.85. The van der Waals surface area contributed by atoms with Crippen molar-refractivity contribution in [2.75, 3.05) is 5.73 Å². The van der Waals surface area contributed by atoms with Crippen molar-refractivity contribution in [2.24, 2.45) is 0 Å². The second-order valence-corrected chi connectivity index (χ2v) is 5.23. The highest BCUT2D eigenvalue weighted by molar-refractivity contribution is 6.31. The monoisotopic (exact) mass is 301 g/mol. The maximum atomic E-state index is 14.2. The Balaban J connectivity index is 2.22. The highest BCUT2D eigenvalue weighted by Crippen LogP contribution is 2.37. The molecule has 106 valence electrons. The minimum absolute atomic E-state index is 0.0653. The zero-order chi connectivity index (χ0) is 15.0. The number of hydrogen-bond acceptors (Lipinski definition) is 2. The van der Waals surface area contributed by atoms with Crippen LogP contribution in [-0.4, -0.2) is 10.2 Å². The van der Waals surface area contributed by atoms with Crippen LogP contribution >= 0.6 is 11.6 Å². The first-order chi connectivity index (χ1) is 10.1. The van der Waals surface area contributed by atoms with Crippen LogP contribution in [0.2, 0.25) is 5.02 Å². The van der Waals surface area contributed by atoms with Crippen LogP contribution in [0, 0.1) is 12.7 Å². The fraction of sp³-hybridized carbons (Fsp3) is 0.0625. The van der Waals surface area contributed by atoms with E-state index in [1.807, 2.05) is 31.2 Å². The number of benzene rings is 2. The first-order valence-corrected chi connectivity index (χ1v) is 6.81. The van der Waals surface area contributed by atoms with Crippen LogP contribution in [0.1, 0.15) is 5.56 Å². The second kappa shape index (κ2) is 5.22. The molecular formula is C16H13ClFN3. The van der Waals surface area contributed by atoms with Crippen LogP contribution in [-0.2, 0) is 0 Å². The van der Waals surface area contributed by atoms with E-state index in [0.717, 1.165) is 11.1 Å². The lowest BCUT2D eigenvalue weighted by molar-refractivity contribution is 0.631. The third-order valence-electron chi connectivity index (χ3n) is 3.36. The second-order valence-electron chi connectivity index (χ2n) is 4.83. The molecule has 0 atom stereocenters. The van der Waals surface area contributed by atoms with E-state index < -0.39 is 5.82 Å². The van der Waals surface area contributed by atoms with Crippen molar-refractivity contribution in [3.05, 3.63) is 58.9 Å². The lowest BCUT2D eigenvalue weighted by Crippen LogP contribution is -1.91. The molecule has 1 aromatic heterocycles. The van der Waals surface area contributed by atoms with Gasteiger partial charge in [-0.25, -0.2) is 4.39 Å². The van der Waals surface area contributed by atoms with Crippen molar-refractivity contribution in [2.45, 2.75) is 6.92 Å². The number of aromatic nitrogens is 2. The topological polar surface area (TPSA) is 54.7 Å². The van der Waals surface area contributed by atoms with E-state index in [4.69, 9.17) is 17.3 Å². The van der Waals surface area contributed by atoms with Crippen LogP contribution in [0.5, 0.6) is 0 Å². The smallest absolute Gasteiger partial charge is 0.153 e. The fourth-order valence-electron chi connectivity index (χ4n) is 2.26. The summed E-state index contributed by atoms with van der Waals surface area (Å²) in [6.45, 7) is 2.00. The molecule has 0 aliphatic rings. The summed E-state index contributed by atoms with van der Waals surface area (Å²) in [5, 5.41) is 6.87. The molecule has 3 N–H and O–H groups in total. The number of hydrogen-bond donors (Lipinski definition) is 2. The van der Waals surface area contributed by atoms with Gasteiger partial charge in [0.25, 0.3) is 0 Å². The van der Waals surface area contributed by atoms with E-state index in [-0.39, 0.29) is 5.02 Å². The van der Waals surface area contributed by atoms with Crippen molar-refractivity contribution in [3.8, 4) is 22.4 Å². The number of aryl methyl sites for hydroxylation is 1. The molecule has 0 saturated heterocycles. The van der Waals surface area contributed by atoms with Crippen molar-refractivity contribution in [3.63, 3.8) is 0 Å². The zero-order valence-electron chi connectivity index (χ0n) is 11.3. The molecule has 0 bridgehead atoms. The van der Waals surface area contributed by atoms with Crippen LogP contribution < -0.4 is 5.73 Å². The quantitative estimate of drug-likeness (QED) is 0.736. The summed E-state index contributed by atoms with van der Waals surface area (Å²) in [7, 11) is 0. The number of nitrogens with two attached hydrogens (primary N) is 1. The van der Waals surface area contributed by atoms with Gasteiger partial charge in [-0.05, 0) is 24.6 Å². The van der Waals surface area contributed by atoms with E-state index in [1.165, 1.54) is 6.07 Å². The standard InChI is InChI=1S/C16H13ClFN3/c1-9-5-7-10(8-6-9)13-15(20-21-16(13)19)11-3-2-4-12(17)14(11)18/h2-8H,1H3,(H3,19,20,21). The van der Waals surface area contributed by atoms with Gasteiger partial charge in [-0.3, -0.25) is 5.10 Å². The number of anilines is 1. The van der Waals surface area contributed by atoms with Gasteiger partial charge in [-0.15, -0.1) is 0 Å². The van der Waals surface area contributed by atoms with Crippen molar-refractivity contribution >= 4 is 17.4 Å². The fourth-order valence-corrected chi connectivity index (χ4v) is 2.43. The Morgan fingerprint density at radius 2 is 1.86 bits per heavy atom. The molecule has 3 rings (SSSR count). The molecule has 2 aromatic carbocycles. The van der Waals surface area contributed by atoms with E-state index in [9.17, 15) is 4.39 Å². The van der Waals surface area contributed by atoms with Crippen molar-refractivity contribution < 1.29 is 4.39 Å². The summed E-state index contributed by atoms with van der Waals surface area (Å²) in [6.07, 6.45) is 0. The molecule has 0 radical (unpaired) electrons. The van der Waals surface area contributed by atoms with Gasteiger partial charge < -0.3 is 5.73 Å². The van der Waals surface area contributed by atoms with E-state index in [2.05, 4.69) is 10.2 Å². The van der Waals surface area contributed by atoms with Gasteiger partial charge in [0.2, 0.25) is 0 Å². The lowest BCUT2D eigenvalue weighted by atomic mass is 9.99. The Labute approximate surface area is 126 Å². The lowest BCUT2D eigenvalue weighted by Gasteiger charge is -2.07. The molecule has 0 saturated carbocycles. The molecular weight excluding hydrogens is 289 g/mol. The van der Waals surface area contributed by atoms with Gasteiger partial charge in [-0.2, -0.15) is 5.10 Å². The molecule has 21 heavy (non-hydrogen) atoms. The highest BCUT2D eigenvalue weighted by Gasteiger charge is 2.18. The predicted octanol–water partition coefficient (Wildman–Crippen LogP) is 4.43. The van der Waals surface area contributed by atoms with Gasteiger partial charge >= 0.3 is 0 Å². The largest absolute Gasteiger partial charge is 0.382 e. The summed E-state index contributed by atoms with van der Waals surface area (Å²) in [6, 6.07) is 12.7. The van der Waals surface area contributed by atoms with Crippen LogP contribution in [0.4, 0.5) is 10.2 Å². The Hall–Kier alpha value is -2.33. The average molecular weight is 302 g/mol. The van der Waals surface area contributed by atoms with E-state index in [1.54, 1.807) is 12.1 Å². The van der Waals surface area contributed by atoms with Gasteiger partial charge in [0.05, 0.1) is 16.3 Å². The minimum atomic E-state index is -0.490. The molecule has 3 nitrogen and oxygen atoms in total. The van der Waals surface area contributed by atoms with Crippen LogP contribution in [0.3, 0.4) is 0 Å². The average Bonchev–Trinajstić information content (AvgIpc) is 2.85. The third-order valence-corrected chi connectivity index (χ3v) is 3.65. The maximum Gasteiger partial charge on any atom is 0.153 e. The Morgan fingerprint density at radius 1 is 1.14 bits per heavy atom. The van der Waals surface area contributed by atoms with Crippen LogP contribution in [0.15, 0.2) is 42.5 Å². The van der Waals surface area contributed by atoms with Gasteiger partial charge in [-0.1, -0.05) is 47.5 Å². The van der Waals surface area contributed by atoms with E-state index >= 15 is 0 Å². The molecule has 5 heteroatoms. The Bertz CT molecular complexity index is 794. The molecule has 0 fully saturated rings. The molecule has 1 heterocycles. The summed E-state index contributed by atoms with van der Waals surface area (Å²) in [4.78, 5) is 0. The van der Waals surface area contributed by atoms with Crippen molar-refractivity contribution in [1.82, 2.24) is 10.2 Å². The minimum Gasteiger partial charge on any atom is -0.382 e. The molecule has 0 aliphatic heterocycles. The molecule has 0 spiro atoms. The summed E-state index contributed by atoms with van der Waals surface area (Å²) in [5.41, 5.74) is 9.50. The third kappa shape index (κ3) is 2.38. The molecule has 0 amide bonds. The number of H-pyrrole nitrogens is 1. The Kier molecular flexibility index (Phi) is 3.39. The molecule has 0 unspecified atom stereocenters. The highest BCUT2D eigenvalue weighted by atomic mass is 35.5. The maximum absolute atomic E-state index is 14.2. The predicted molar refractivity (Wildman–Crippen MR) is 83.6 cm³/mol. The number of nitrogen functional groups attached to an aromatic ring is 1. The number of rotatable bonds is 2. The first kappa shape index (κ1) is 13.6. The normalized spacial score (nSPS) is 10.8. The summed E-state index contributed by atoms with van der Waals surface area (Å²) < 4.78 is 14.2. The van der Waals surface area contributed by atoms with Gasteiger partial charge in [0, 0.05) is 5.56 Å². The molecule has 0 aliphatic carbocycles. The van der Waals surface area contributed by atoms with Gasteiger partial charge in [0.1, 0.15) is 0 Å². The van der Waals surface area contributed by atoms with E-state index in [0.29, 0.717) is 22.6 Å². The Morgan fingerprint density at radius 3 is 2.57 bits per heavy atom. The molecule has 3 aromatic rings. The first-order valence-electron chi connectivity index (χ1n) is 6.43. The zero-order valence-corrected chi connectivity index (χ0v) is 12.1. The number of aromatic amines is 1. The number of nitrogens with one attached hydrogen (secondary N) is 1. The van der Waals surface area contributed by atoms with Gasteiger partial charge in [0.15, 0.2) is 11.6 Å².